The number of hydrogen-bond donors (Lipinski definition) is 0. The van der Waals surface area contributed by atoms with Crippen molar-refractivity contribution in [2.24, 2.45) is 5.92 Å². The minimum absolute atomic E-state index is 0.0101. The largest absolute Gasteiger partial charge is 0.300 e. The molecule has 0 aliphatic rings. The van der Waals surface area contributed by atoms with Gasteiger partial charge in [0.1, 0.15) is 0 Å². The van der Waals surface area contributed by atoms with Crippen molar-refractivity contribution in [1.82, 2.24) is 0 Å². The molecule has 0 aliphatic carbocycles. The van der Waals surface area contributed by atoms with Crippen molar-refractivity contribution in [3.63, 3.8) is 0 Å². The first kappa shape index (κ1) is 10.7. The molecule has 1 aromatic rings. The summed E-state index contributed by atoms with van der Waals surface area (Å²) in [7, 11) is 0. The maximum absolute atomic E-state index is 11.7. The van der Waals surface area contributed by atoms with E-state index in [1.54, 1.807) is 12.3 Å². The fourth-order valence-electron chi connectivity index (χ4n) is 1.17. The van der Waals surface area contributed by atoms with E-state index in [9.17, 15) is 4.79 Å². The van der Waals surface area contributed by atoms with Crippen molar-refractivity contribution in [3.8, 4) is 0 Å². The Bertz CT molecular complexity index is 321. The topological polar surface area (TPSA) is 30.2 Å². The lowest BCUT2D eigenvalue weighted by Crippen LogP contribution is -2.48. The van der Waals surface area contributed by atoms with E-state index in [2.05, 4.69) is 0 Å². The first-order valence-corrected chi connectivity index (χ1v) is 4.85. The van der Waals surface area contributed by atoms with E-state index in [1.165, 1.54) is 4.73 Å². The molecule has 1 aromatic heterocycles. The Hall–Kier alpha value is -1.38. The average Bonchev–Trinajstić information content (AvgIpc) is 2.18. The minimum Gasteiger partial charge on any atom is -0.287 e. The number of Topliss-reactive ketones (excluding diaryl/α,β-unsaturated/α-hetero) is 1. The summed E-state index contributed by atoms with van der Waals surface area (Å²) in [6, 6.07) is 5.45. The molecule has 0 spiro atoms. The smallest absolute Gasteiger partial charge is 0.287 e. The fraction of sp³-hybridized carbons (Fsp3) is 0.455. The van der Waals surface area contributed by atoms with E-state index in [1.807, 2.05) is 32.9 Å². The van der Waals surface area contributed by atoms with E-state index in [0.29, 0.717) is 12.3 Å². The molecule has 0 N–H and O–H groups in total. The Morgan fingerprint density at radius 1 is 1.50 bits per heavy atom. The Labute approximate surface area is 84.3 Å². The van der Waals surface area contributed by atoms with E-state index in [0.717, 1.165) is 0 Å². The molecule has 0 saturated carbocycles. The monoisotopic (exact) mass is 194 g/mol. The zero-order valence-corrected chi connectivity index (χ0v) is 8.86. The van der Waals surface area contributed by atoms with Crippen molar-refractivity contribution in [2.45, 2.75) is 20.8 Å². The molecule has 0 fully saturated rings. The number of rotatable bonds is 4. The van der Waals surface area contributed by atoms with Gasteiger partial charge in [0.05, 0.1) is 0 Å². The number of nitrogens with zero attached hydrogens (tertiary/aromatic N) is 1. The third-order valence-electron chi connectivity index (χ3n) is 1.87. The molecular formula is C11H16NO2+. The second kappa shape index (κ2) is 4.74. The van der Waals surface area contributed by atoms with Gasteiger partial charge in [-0.05, 0) is 13.0 Å². The Balaban J connectivity index is 3.00. The van der Waals surface area contributed by atoms with Crippen molar-refractivity contribution < 1.29 is 14.4 Å². The number of ketones is 1. The fourth-order valence-corrected chi connectivity index (χ4v) is 1.17. The SMILES string of the molecule is CCO[n+]1ccccc1C(=O)C(C)C. The second-order valence-corrected chi connectivity index (χ2v) is 3.35. The molecule has 1 rings (SSSR count). The molecule has 0 unspecified atom stereocenters. The lowest BCUT2D eigenvalue weighted by molar-refractivity contribution is -0.892. The molecule has 0 saturated heterocycles. The van der Waals surface area contributed by atoms with Crippen LogP contribution in [0.25, 0.3) is 0 Å². The molecule has 1 heterocycles. The van der Waals surface area contributed by atoms with Crippen LogP contribution in [0.2, 0.25) is 0 Å². The van der Waals surface area contributed by atoms with Gasteiger partial charge in [-0.2, -0.15) is 0 Å². The predicted molar refractivity (Wildman–Crippen MR) is 52.9 cm³/mol. The molecule has 3 heteroatoms. The molecule has 76 valence electrons. The zero-order valence-electron chi connectivity index (χ0n) is 8.86. The summed E-state index contributed by atoms with van der Waals surface area (Å²) in [4.78, 5) is 17.0. The summed E-state index contributed by atoms with van der Waals surface area (Å²) < 4.78 is 1.53. The van der Waals surface area contributed by atoms with Crippen LogP contribution >= 0.6 is 0 Å². The quantitative estimate of drug-likeness (QED) is 0.533. The van der Waals surface area contributed by atoms with Crippen LogP contribution in [0.15, 0.2) is 24.4 Å². The van der Waals surface area contributed by atoms with Gasteiger partial charge in [0, 0.05) is 22.8 Å². The van der Waals surface area contributed by atoms with E-state index >= 15 is 0 Å². The molecule has 0 radical (unpaired) electrons. The highest BCUT2D eigenvalue weighted by molar-refractivity contribution is 5.94. The Morgan fingerprint density at radius 2 is 2.21 bits per heavy atom. The first-order chi connectivity index (χ1) is 6.66. The highest BCUT2D eigenvalue weighted by Gasteiger charge is 2.22. The lowest BCUT2D eigenvalue weighted by atomic mass is 10.1. The van der Waals surface area contributed by atoms with Crippen LogP contribution in [0.3, 0.4) is 0 Å². The van der Waals surface area contributed by atoms with Gasteiger partial charge in [-0.25, -0.2) is 0 Å². The summed E-state index contributed by atoms with van der Waals surface area (Å²) in [5.41, 5.74) is 0.601. The van der Waals surface area contributed by atoms with Gasteiger partial charge >= 0.3 is 0 Å². The van der Waals surface area contributed by atoms with Gasteiger partial charge in [-0.1, -0.05) is 13.8 Å². The maximum atomic E-state index is 11.7. The first-order valence-electron chi connectivity index (χ1n) is 4.85. The summed E-state index contributed by atoms with van der Waals surface area (Å²) in [5.74, 6) is 0.0863. The van der Waals surface area contributed by atoms with Crippen LogP contribution in [0.1, 0.15) is 31.3 Å². The number of pyridine rings is 1. The predicted octanol–water partition coefficient (Wildman–Crippen LogP) is 1.26. The molecule has 0 bridgehead atoms. The van der Waals surface area contributed by atoms with Crippen LogP contribution in [-0.4, -0.2) is 12.4 Å². The van der Waals surface area contributed by atoms with Gasteiger partial charge < -0.3 is 0 Å². The summed E-state index contributed by atoms with van der Waals surface area (Å²) >= 11 is 0. The molecule has 0 aliphatic heterocycles. The third-order valence-corrected chi connectivity index (χ3v) is 1.87. The maximum Gasteiger partial charge on any atom is 0.300 e. The highest BCUT2D eigenvalue weighted by atomic mass is 16.7. The average molecular weight is 194 g/mol. The third kappa shape index (κ3) is 2.31. The molecule has 0 aromatic carbocycles. The van der Waals surface area contributed by atoms with E-state index < -0.39 is 0 Å². The molecule has 0 atom stereocenters. The number of hydrogen-bond acceptors (Lipinski definition) is 2. The minimum atomic E-state index is -0.0101. The number of carbonyl (C=O) groups is 1. The molecular weight excluding hydrogens is 178 g/mol. The van der Waals surface area contributed by atoms with Crippen molar-refractivity contribution in [1.29, 1.82) is 0 Å². The Morgan fingerprint density at radius 3 is 2.79 bits per heavy atom. The number of aromatic nitrogens is 1. The second-order valence-electron chi connectivity index (χ2n) is 3.35. The highest BCUT2D eigenvalue weighted by Crippen LogP contribution is 2.02. The van der Waals surface area contributed by atoms with Crippen LogP contribution in [0, 0.1) is 5.92 Å². The standard InChI is InChI=1S/C11H16NO2/c1-4-14-12-8-6-5-7-10(12)11(13)9(2)3/h5-9H,4H2,1-3H3/q+1. The van der Waals surface area contributed by atoms with Gasteiger partial charge in [0.15, 0.2) is 6.61 Å². The molecule has 3 nitrogen and oxygen atoms in total. The van der Waals surface area contributed by atoms with Gasteiger partial charge in [-0.3, -0.25) is 9.63 Å². The normalized spacial score (nSPS) is 10.3. The van der Waals surface area contributed by atoms with Crippen molar-refractivity contribution >= 4 is 5.78 Å². The summed E-state index contributed by atoms with van der Waals surface area (Å²) in [6.07, 6.45) is 1.75. The zero-order chi connectivity index (χ0) is 10.6. The van der Waals surface area contributed by atoms with Gasteiger partial charge in [0.2, 0.25) is 12.0 Å². The van der Waals surface area contributed by atoms with Crippen LogP contribution in [-0.2, 0) is 0 Å². The van der Waals surface area contributed by atoms with Crippen molar-refractivity contribution in [2.75, 3.05) is 6.61 Å². The van der Waals surface area contributed by atoms with Gasteiger partial charge in [-0.15, -0.1) is 0 Å². The van der Waals surface area contributed by atoms with Crippen LogP contribution in [0.4, 0.5) is 0 Å². The van der Waals surface area contributed by atoms with E-state index in [-0.39, 0.29) is 11.7 Å². The summed E-state index contributed by atoms with van der Waals surface area (Å²) in [6.45, 7) is 6.20. The van der Waals surface area contributed by atoms with Crippen molar-refractivity contribution in [3.05, 3.63) is 30.1 Å². The van der Waals surface area contributed by atoms with E-state index in [4.69, 9.17) is 4.84 Å². The summed E-state index contributed by atoms with van der Waals surface area (Å²) in [5, 5.41) is 0. The van der Waals surface area contributed by atoms with Crippen LogP contribution in [0.5, 0.6) is 0 Å². The van der Waals surface area contributed by atoms with Gasteiger partial charge in [0.25, 0.3) is 5.69 Å². The molecule has 14 heavy (non-hydrogen) atoms. The lowest BCUT2D eigenvalue weighted by Gasteiger charge is -2.02. The molecule has 0 amide bonds. The number of carbonyl (C=O) groups excluding carboxylic acids is 1. The Kier molecular flexibility index (Phi) is 3.63. The van der Waals surface area contributed by atoms with Crippen LogP contribution < -0.4 is 9.57 Å².